The number of nitrogens with two attached hydrogens (primary N) is 1. The summed E-state index contributed by atoms with van der Waals surface area (Å²) in [6.45, 7) is 0.732. The first-order chi connectivity index (χ1) is 8.91. The minimum Gasteiger partial charge on any atom is -0.493 e. The van der Waals surface area contributed by atoms with Gasteiger partial charge in [-0.05, 0) is 24.1 Å². The van der Waals surface area contributed by atoms with E-state index >= 15 is 0 Å². The molecule has 1 unspecified atom stereocenters. The average molecular weight is 277 g/mol. The van der Waals surface area contributed by atoms with Crippen molar-refractivity contribution in [2.75, 3.05) is 20.3 Å². The van der Waals surface area contributed by atoms with Crippen LogP contribution >= 0.6 is 0 Å². The molecular weight excluding hydrogens is 263 g/mol. The topological polar surface area (TPSA) is 53.7 Å². The summed E-state index contributed by atoms with van der Waals surface area (Å²) in [5.41, 5.74) is 5.51. The summed E-state index contributed by atoms with van der Waals surface area (Å²) in [4.78, 5) is 0. The normalized spacial score (nSPS) is 16.1. The average Bonchev–Trinajstić information content (AvgIpc) is 2.36. The number of benzene rings is 1. The summed E-state index contributed by atoms with van der Waals surface area (Å²) >= 11 is 0. The van der Waals surface area contributed by atoms with Gasteiger partial charge in [0.05, 0.1) is 7.11 Å². The number of halogens is 3. The van der Waals surface area contributed by atoms with Crippen molar-refractivity contribution < 1.29 is 27.4 Å². The molecule has 0 saturated heterocycles. The Morgan fingerprint density at radius 3 is 2.63 bits per heavy atom. The Hall–Kier alpha value is -1.63. The van der Waals surface area contributed by atoms with Gasteiger partial charge in [0.15, 0.2) is 11.5 Å². The van der Waals surface area contributed by atoms with Gasteiger partial charge in [0.1, 0.15) is 19.3 Å². The van der Waals surface area contributed by atoms with Gasteiger partial charge in [-0.3, -0.25) is 0 Å². The first-order valence-electron chi connectivity index (χ1n) is 5.70. The third kappa shape index (κ3) is 3.04. The quantitative estimate of drug-likeness (QED) is 0.916. The highest BCUT2D eigenvalue weighted by atomic mass is 19.4. The van der Waals surface area contributed by atoms with Crippen LogP contribution in [0.5, 0.6) is 17.2 Å². The molecule has 0 amide bonds. The molecule has 2 N–H and O–H groups in total. The van der Waals surface area contributed by atoms with Gasteiger partial charge in [0, 0.05) is 0 Å². The first kappa shape index (κ1) is 13.8. The van der Waals surface area contributed by atoms with Crippen LogP contribution in [0.4, 0.5) is 13.2 Å². The molecule has 1 aliphatic heterocycles. The Kier molecular flexibility index (Phi) is 3.75. The van der Waals surface area contributed by atoms with Gasteiger partial charge in [-0.1, -0.05) is 0 Å². The fraction of sp³-hybridized carbons (Fsp3) is 0.500. The molecule has 1 aromatic rings. The SMILES string of the molecule is COc1cc(CC(N)C(F)(F)F)cc2c1OCCO2. The summed E-state index contributed by atoms with van der Waals surface area (Å²) in [5, 5.41) is 0. The van der Waals surface area contributed by atoms with Crippen LogP contribution in [-0.2, 0) is 6.42 Å². The molecule has 1 atom stereocenters. The standard InChI is InChI=1S/C12H14F3NO3/c1-17-8-4-7(6-10(16)12(13,14)15)5-9-11(8)19-3-2-18-9/h4-5,10H,2-3,6,16H2,1H3. The fourth-order valence-electron chi connectivity index (χ4n) is 1.81. The number of rotatable bonds is 3. The first-order valence-corrected chi connectivity index (χ1v) is 5.70. The molecule has 106 valence electrons. The highest BCUT2D eigenvalue weighted by Gasteiger charge is 2.36. The van der Waals surface area contributed by atoms with E-state index in [1.807, 2.05) is 0 Å². The van der Waals surface area contributed by atoms with Gasteiger partial charge in [0.25, 0.3) is 0 Å². The second-order valence-electron chi connectivity index (χ2n) is 4.17. The Labute approximate surface area is 108 Å². The van der Waals surface area contributed by atoms with E-state index in [0.717, 1.165) is 0 Å². The molecule has 0 spiro atoms. The van der Waals surface area contributed by atoms with Crippen molar-refractivity contribution in [2.45, 2.75) is 18.6 Å². The molecule has 0 fully saturated rings. The molecular formula is C12H14F3NO3. The fourth-order valence-corrected chi connectivity index (χ4v) is 1.81. The largest absolute Gasteiger partial charge is 0.493 e. The number of fused-ring (bicyclic) bond motifs is 1. The summed E-state index contributed by atoms with van der Waals surface area (Å²) in [5.74, 6) is 1.15. The number of hydrogen-bond donors (Lipinski definition) is 1. The van der Waals surface area contributed by atoms with Crippen LogP contribution in [0.25, 0.3) is 0 Å². The van der Waals surface area contributed by atoms with Crippen molar-refractivity contribution in [1.29, 1.82) is 0 Å². The lowest BCUT2D eigenvalue weighted by atomic mass is 10.0. The highest BCUT2D eigenvalue weighted by molar-refractivity contribution is 5.54. The maximum absolute atomic E-state index is 12.4. The number of methoxy groups -OCH3 is 1. The monoisotopic (exact) mass is 277 g/mol. The molecule has 2 rings (SSSR count). The van der Waals surface area contributed by atoms with Crippen LogP contribution in [0.3, 0.4) is 0 Å². The summed E-state index contributed by atoms with van der Waals surface area (Å²) < 4.78 is 53.1. The van der Waals surface area contributed by atoms with Crippen LogP contribution in [0.1, 0.15) is 5.56 Å². The molecule has 0 bridgehead atoms. The molecule has 0 saturated carbocycles. The molecule has 7 heteroatoms. The van der Waals surface area contributed by atoms with Crippen molar-refractivity contribution in [3.05, 3.63) is 17.7 Å². The molecule has 19 heavy (non-hydrogen) atoms. The van der Waals surface area contributed by atoms with Gasteiger partial charge in [-0.15, -0.1) is 0 Å². The van der Waals surface area contributed by atoms with Gasteiger partial charge < -0.3 is 19.9 Å². The highest BCUT2D eigenvalue weighted by Crippen LogP contribution is 2.40. The van der Waals surface area contributed by atoms with E-state index in [2.05, 4.69) is 0 Å². The van der Waals surface area contributed by atoms with E-state index in [1.54, 1.807) is 0 Å². The van der Waals surface area contributed by atoms with Crippen molar-refractivity contribution in [1.82, 2.24) is 0 Å². The van der Waals surface area contributed by atoms with E-state index in [1.165, 1.54) is 19.2 Å². The maximum Gasteiger partial charge on any atom is 0.403 e. The van der Waals surface area contributed by atoms with Crippen LogP contribution in [0.15, 0.2) is 12.1 Å². The van der Waals surface area contributed by atoms with Gasteiger partial charge in [-0.2, -0.15) is 13.2 Å². The Balaban J connectivity index is 2.27. The van der Waals surface area contributed by atoms with Crippen LogP contribution < -0.4 is 19.9 Å². The van der Waals surface area contributed by atoms with Crippen molar-refractivity contribution in [3.8, 4) is 17.2 Å². The summed E-state index contributed by atoms with van der Waals surface area (Å²) in [6.07, 6.45) is -4.77. The minimum atomic E-state index is -4.43. The Bertz CT molecular complexity index is 445. The zero-order valence-corrected chi connectivity index (χ0v) is 10.3. The van der Waals surface area contributed by atoms with Crippen molar-refractivity contribution in [3.63, 3.8) is 0 Å². The predicted octanol–water partition coefficient (Wildman–Crippen LogP) is 1.90. The van der Waals surface area contributed by atoms with E-state index in [-0.39, 0.29) is 6.42 Å². The van der Waals surface area contributed by atoms with Crippen LogP contribution in [0, 0.1) is 0 Å². The molecule has 0 radical (unpaired) electrons. The molecule has 1 heterocycles. The maximum atomic E-state index is 12.4. The Morgan fingerprint density at radius 2 is 2.00 bits per heavy atom. The third-order valence-corrected chi connectivity index (χ3v) is 2.76. The summed E-state index contributed by atoms with van der Waals surface area (Å²) in [7, 11) is 1.42. The molecule has 1 aromatic carbocycles. The number of ether oxygens (including phenoxy) is 3. The van der Waals surface area contributed by atoms with E-state index in [4.69, 9.17) is 19.9 Å². The van der Waals surface area contributed by atoms with Gasteiger partial charge >= 0.3 is 6.18 Å². The molecule has 1 aliphatic rings. The molecule has 0 aromatic heterocycles. The van der Waals surface area contributed by atoms with E-state index in [9.17, 15) is 13.2 Å². The van der Waals surface area contributed by atoms with E-state index in [0.29, 0.717) is 36.0 Å². The molecule has 4 nitrogen and oxygen atoms in total. The second kappa shape index (κ2) is 5.16. The number of hydrogen-bond acceptors (Lipinski definition) is 4. The smallest absolute Gasteiger partial charge is 0.403 e. The third-order valence-electron chi connectivity index (χ3n) is 2.76. The minimum absolute atomic E-state index is 0.337. The zero-order chi connectivity index (χ0) is 14.0. The second-order valence-corrected chi connectivity index (χ2v) is 4.17. The number of alkyl halides is 3. The lowest BCUT2D eigenvalue weighted by molar-refractivity contribution is -0.147. The summed E-state index contributed by atoms with van der Waals surface area (Å²) in [6, 6.07) is 1.07. The molecule has 0 aliphatic carbocycles. The zero-order valence-electron chi connectivity index (χ0n) is 10.3. The van der Waals surface area contributed by atoms with Crippen LogP contribution in [0.2, 0.25) is 0 Å². The van der Waals surface area contributed by atoms with Crippen molar-refractivity contribution in [2.24, 2.45) is 5.73 Å². The lowest BCUT2D eigenvalue weighted by Crippen LogP contribution is -2.39. The van der Waals surface area contributed by atoms with Gasteiger partial charge in [0.2, 0.25) is 5.75 Å². The van der Waals surface area contributed by atoms with Gasteiger partial charge in [-0.25, -0.2) is 0 Å². The lowest BCUT2D eigenvalue weighted by Gasteiger charge is -2.22. The Morgan fingerprint density at radius 1 is 1.32 bits per heavy atom. The van der Waals surface area contributed by atoms with E-state index < -0.39 is 12.2 Å². The van der Waals surface area contributed by atoms with Crippen molar-refractivity contribution >= 4 is 0 Å². The van der Waals surface area contributed by atoms with Crippen LogP contribution in [-0.4, -0.2) is 32.5 Å². The predicted molar refractivity (Wildman–Crippen MR) is 61.7 cm³/mol.